The molecule has 24 heavy (non-hydrogen) atoms. The van der Waals surface area contributed by atoms with Crippen LogP contribution in [-0.4, -0.2) is 60.0 Å². The first-order chi connectivity index (χ1) is 11.7. The van der Waals surface area contributed by atoms with E-state index < -0.39 is 0 Å². The predicted octanol–water partition coefficient (Wildman–Crippen LogP) is 2.00. The molecule has 0 bridgehead atoms. The van der Waals surface area contributed by atoms with E-state index in [-0.39, 0.29) is 24.0 Å². The SMILES string of the molecule is O=C(/C=C/c1cccs1)N1C[C@@H]2C[C@@H](CC(=O)N3CCC3)O[C@@H]2C1. The number of amides is 2. The van der Waals surface area contributed by atoms with Gasteiger partial charge in [0.25, 0.3) is 0 Å². The highest BCUT2D eigenvalue weighted by atomic mass is 32.1. The van der Waals surface area contributed by atoms with Gasteiger partial charge in [0.15, 0.2) is 0 Å². The lowest BCUT2D eigenvalue weighted by atomic mass is 10.0. The smallest absolute Gasteiger partial charge is 0.246 e. The van der Waals surface area contributed by atoms with Crippen LogP contribution in [0.25, 0.3) is 6.08 Å². The molecule has 0 unspecified atom stereocenters. The molecule has 3 atom stereocenters. The monoisotopic (exact) mass is 346 g/mol. The lowest BCUT2D eigenvalue weighted by molar-refractivity contribution is -0.138. The van der Waals surface area contributed by atoms with Crippen LogP contribution in [0.15, 0.2) is 23.6 Å². The maximum absolute atomic E-state index is 12.3. The normalized spacial score (nSPS) is 29.1. The lowest BCUT2D eigenvalue weighted by Crippen LogP contribution is -2.43. The number of thiophene rings is 1. The average Bonchev–Trinajstić information content (AvgIpc) is 3.17. The minimum Gasteiger partial charge on any atom is -0.372 e. The number of hydrogen-bond donors (Lipinski definition) is 0. The Balaban J connectivity index is 1.26. The third-order valence-corrected chi connectivity index (χ3v) is 6.01. The van der Waals surface area contributed by atoms with Gasteiger partial charge >= 0.3 is 0 Å². The van der Waals surface area contributed by atoms with Crippen molar-refractivity contribution in [3.63, 3.8) is 0 Å². The average molecular weight is 346 g/mol. The van der Waals surface area contributed by atoms with Crippen LogP contribution < -0.4 is 0 Å². The van der Waals surface area contributed by atoms with E-state index in [9.17, 15) is 9.59 Å². The summed E-state index contributed by atoms with van der Waals surface area (Å²) >= 11 is 1.62. The quantitative estimate of drug-likeness (QED) is 0.784. The molecule has 5 nitrogen and oxygen atoms in total. The van der Waals surface area contributed by atoms with Crippen molar-refractivity contribution < 1.29 is 14.3 Å². The first kappa shape index (κ1) is 15.8. The van der Waals surface area contributed by atoms with E-state index in [0.717, 1.165) is 37.4 Å². The standard InChI is InChI=1S/C18H22N2O3S/c21-17(5-4-15-3-1-8-24-15)20-11-13-9-14(23-16(13)12-20)10-18(22)19-6-2-7-19/h1,3-5,8,13-14,16H,2,6-7,9-12H2/b5-4+/t13-,14-,16+/m0/s1. The van der Waals surface area contributed by atoms with Crippen molar-refractivity contribution in [3.8, 4) is 0 Å². The van der Waals surface area contributed by atoms with Crippen LogP contribution in [0.5, 0.6) is 0 Å². The second-order valence-corrected chi connectivity index (χ2v) is 7.80. The van der Waals surface area contributed by atoms with Crippen LogP contribution in [0.1, 0.15) is 24.1 Å². The number of hydrogen-bond acceptors (Lipinski definition) is 4. The number of fused-ring (bicyclic) bond motifs is 1. The van der Waals surface area contributed by atoms with Gasteiger partial charge < -0.3 is 14.5 Å². The fraction of sp³-hybridized carbons (Fsp3) is 0.556. The number of nitrogens with zero attached hydrogens (tertiary/aromatic N) is 2. The van der Waals surface area contributed by atoms with Gasteiger partial charge in [-0.05, 0) is 30.4 Å². The predicted molar refractivity (Wildman–Crippen MR) is 92.5 cm³/mol. The summed E-state index contributed by atoms with van der Waals surface area (Å²) in [6.45, 7) is 3.19. The first-order valence-corrected chi connectivity index (χ1v) is 9.51. The summed E-state index contributed by atoms with van der Waals surface area (Å²) in [7, 11) is 0. The van der Waals surface area contributed by atoms with Gasteiger partial charge in [0.2, 0.25) is 11.8 Å². The number of carbonyl (C=O) groups is 2. The van der Waals surface area contributed by atoms with Gasteiger partial charge in [-0.1, -0.05) is 6.07 Å². The highest BCUT2D eigenvalue weighted by Gasteiger charge is 2.43. The molecule has 0 aliphatic carbocycles. The van der Waals surface area contributed by atoms with Gasteiger partial charge in [-0.2, -0.15) is 0 Å². The molecule has 1 aromatic rings. The summed E-state index contributed by atoms with van der Waals surface area (Å²) in [6.07, 6.45) is 6.17. The summed E-state index contributed by atoms with van der Waals surface area (Å²) in [4.78, 5) is 29.2. The zero-order valence-corrected chi connectivity index (χ0v) is 14.4. The molecule has 128 valence electrons. The van der Waals surface area contributed by atoms with Crippen LogP contribution in [-0.2, 0) is 14.3 Å². The molecule has 3 aliphatic heterocycles. The molecule has 3 fully saturated rings. The van der Waals surface area contributed by atoms with Crippen molar-refractivity contribution in [1.82, 2.24) is 9.80 Å². The van der Waals surface area contributed by atoms with Crippen molar-refractivity contribution in [3.05, 3.63) is 28.5 Å². The molecule has 0 radical (unpaired) electrons. The zero-order valence-electron chi connectivity index (χ0n) is 13.6. The summed E-state index contributed by atoms with van der Waals surface area (Å²) < 4.78 is 6.04. The van der Waals surface area contributed by atoms with E-state index in [4.69, 9.17) is 4.74 Å². The summed E-state index contributed by atoms with van der Waals surface area (Å²) in [5, 5.41) is 2.00. The summed E-state index contributed by atoms with van der Waals surface area (Å²) in [6, 6.07) is 3.97. The number of carbonyl (C=O) groups excluding carboxylic acids is 2. The largest absolute Gasteiger partial charge is 0.372 e. The van der Waals surface area contributed by atoms with E-state index in [0.29, 0.717) is 18.9 Å². The molecule has 0 spiro atoms. The fourth-order valence-corrected chi connectivity index (χ4v) is 4.33. The molecule has 4 heterocycles. The van der Waals surface area contributed by atoms with Crippen LogP contribution in [0.3, 0.4) is 0 Å². The highest BCUT2D eigenvalue weighted by molar-refractivity contribution is 7.10. The van der Waals surface area contributed by atoms with Gasteiger partial charge in [0, 0.05) is 43.1 Å². The van der Waals surface area contributed by atoms with E-state index in [1.807, 2.05) is 33.4 Å². The topological polar surface area (TPSA) is 49.9 Å². The molecular formula is C18H22N2O3S. The molecule has 4 rings (SSSR count). The van der Waals surface area contributed by atoms with Crippen LogP contribution in [0, 0.1) is 5.92 Å². The number of likely N-dealkylation sites (tertiary alicyclic amines) is 2. The minimum absolute atomic E-state index is 0.0343. The van der Waals surface area contributed by atoms with E-state index in [1.54, 1.807) is 17.4 Å². The van der Waals surface area contributed by atoms with E-state index in [1.165, 1.54) is 0 Å². The van der Waals surface area contributed by atoms with Crippen LogP contribution >= 0.6 is 11.3 Å². The summed E-state index contributed by atoms with van der Waals surface area (Å²) in [5.74, 6) is 0.644. The minimum atomic E-state index is 0.0343. The van der Waals surface area contributed by atoms with E-state index in [2.05, 4.69) is 0 Å². The molecule has 6 heteroatoms. The Kier molecular flexibility index (Phi) is 4.41. The van der Waals surface area contributed by atoms with Gasteiger partial charge in [0.05, 0.1) is 18.6 Å². The molecule has 3 aliphatic rings. The molecule has 0 saturated carbocycles. The molecule has 1 aromatic heterocycles. The van der Waals surface area contributed by atoms with Crippen molar-refractivity contribution in [2.75, 3.05) is 26.2 Å². The van der Waals surface area contributed by atoms with Crippen molar-refractivity contribution in [1.29, 1.82) is 0 Å². The molecule has 0 aromatic carbocycles. The number of rotatable bonds is 4. The van der Waals surface area contributed by atoms with E-state index >= 15 is 0 Å². The zero-order chi connectivity index (χ0) is 16.5. The van der Waals surface area contributed by atoms with Crippen molar-refractivity contribution in [2.24, 2.45) is 5.92 Å². The second-order valence-electron chi connectivity index (χ2n) is 6.82. The van der Waals surface area contributed by atoms with Crippen molar-refractivity contribution >= 4 is 29.2 Å². The lowest BCUT2D eigenvalue weighted by Gasteiger charge is -2.31. The maximum atomic E-state index is 12.3. The first-order valence-electron chi connectivity index (χ1n) is 8.63. The van der Waals surface area contributed by atoms with Crippen molar-refractivity contribution in [2.45, 2.75) is 31.5 Å². The second kappa shape index (κ2) is 6.69. The Morgan fingerprint density at radius 1 is 1.29 bits per heavy atom. The molecule has 3 saturated heterocycles. The fourth-order valence-electron chi connectivity index (χ4n) is 3.71. The summed E-state index contributed by atoms with van der Waals surface area (Å²) in [5.41, 5.74) is 0. The van der Waals surface area contributed by atoms with Gasteiger partial charge in [-0.15, -0.1) is 11.3 Å². The Hall–Kier alpha value is -1.66. The van der Waals surface area contributed by atoms with Crippen LogP contribution in [0.4, 0.5) is 0 Å². The Bertz CT molecular complexity index is 625. The van der Waals surface area contributed by atoms with Gasteiger partial charge in [-0.25, -0.2) is 0 Å². The Morgan fingerprint density at radius 2 is 2.17 bits per heavy atom. The van der Waals surface area contributed by atoms with Crippen LogP contribution in [0.2, 0.25) is 0 Å². The Morgan fingerprint density at radius 3 is 2.83 bits per heavy atom. The maximum Gasteiger partial charge on any atom is 0.246 e. The third kappa shape index (κ3) is 3.26. The highest BCUT2D eigenvalue weighted by Crippen LogP contribution is 2.34. The van der Waals surface area contributed by atoms with Gasteiger partial charge in [-0.3, -0.25) is 9.59 Å². The molecular weight excluding hydrogens is 324 g/mol. The third-order valence-electron chi connectivity index (χ3n) is 5.17. The molecule has 2 amide bonds. The number of ether oxygens (including phenoxy) is 1. The Labute approximate surface area is 145 Å². The molecule has 0 N–H and O–H groups in total. The van der Waals surface area contributed by atoms with Gasteiger partial charge in [0.1, 0.15) is 0 Å².